The van der Waals surface area contributed by atoms with E-state index >= 15 is 0 Å². The van der Waals surface area contributed by atoms with Crippen LogP contribution in [0.4, 0.5) is 0 Å². The second-order valence-electron chi connectivity index (χ2n) is 4.88. The summed E-state index contributed by atoms with van der Waals surface area (Å²) in [6.07, 6.45) is 0. The average molecular weight is 258 g/mol. The first-order chi connectivity index (χ1) is 9.19. The van der Waals surface area contributed by atoms with E-state index in [0.717, 1.165) is 23.7 Å². The van der Waals surface area contributed by atoms with E-state index in [4.69, 9.17) is 0 Å². The molecule has 102 valence electrons. The highest BCUT2D eigenvalue weighted by atomic mass is 15.2. The molecule has 4 heteroatoms. The Balaban J connectivity index is 2.09. The summed E-state index contributed by atoms with van der Waals surface area (Å²) in [6.45, 7) is 7.80. The van der Waals surface area contributed by atoms with E-state index in [1.54, 1.807) is 0 Å². The molecule has 0 amide bonds. The summed E-state index contributed by atoms with van der Waals surface area (Å²) >= 11 is 0. The summed E-state index contributed by atoms with van der Waals surface area (Å²) in [5.41, 5.74) is 2.29. The van der Waals surface area contributed by atoms with Gasteiger partial charge in [-0.15, -0.1) is 0 Å². The monoisotopic (exact) mass is 258 g/mol. The Labute approximate surface area is 114 Å². The lowest BCUT2D eigenvalue weighted by Gasteiger charge is -2.13. The first kappa shape index (κ1) is 13.5. The first-order valence-corrected chi connectivity index (χ1v) is 6.80. The molecule has 4 nitrogen and oxygen atoms in total. The normalized spacial score (nSPS) is 12.1. The van der Waals surface area contributed by atoms with Crippen LogP contribution in [0.1, 0.15) is 26.5 Å². The molecule has 0 aliphatic carbocycles. The van der Waals surface area contributed by atoms with Gasteiger partial charge in [0.2, 0.25) is 0 Å². The molecule has 0 aliphatic rings. The number of aromatic amines is 1. The summed E-state index contributed by atoms with van der Waals surface area (Å²) in [4.78, 5) is 7.97. The number of benzene rings is 1. The van der Waals surface area contributed by atoms with Crippen LogP contribution < -0.4 is 10.6 Å². The van der Waals surface area contributed by atoms with Gasteiger partial charge in [0.15, 0.2) is 5.96 Å². The fourth-order valence-electron chi connectivity index (χ4n) is 1.98. The Bertz CT molecular complexity index is 521. The molecule has 19 heavy (non-hydrogen) atoms. The van der Waals surface area contributed by atoms with Gasteiger partial charge in [0.05, 0.1) is 6.54 Å². The predicted molar refractivity (Wildman–Crippen MR) is 81.4 cm³/mol. The van der Waals surface area contributed by atoms with Crippen molar-refractivity contribution < 1.29 is 0 Å². The van der Waals surface area contributed by atoms with Crippen molar-refractivity contribution in [2.75, 3.05) is 6.54 Å². The standard InChI is InChI=1S/C15H22N4/c1-4-16-15(18-11(2)3)17-10-13-9-12-7-5-6-8-14(12)19-13/h5-9,11,19H,4,10H2,1-3H3,(H2,16,17,18). The van der Waals surface area contributed by atoms with Gasteiger partial charge in [0.25, 0.3) is 0 Å². The third kappa shape index (κ3) is 3.74. The van der Waals surface area contributed by atoms with E-state index < -0.39 is 0 Å². The quantitative estimate of drug-likeness (QED) is 0.583. The fourth-order valence-corrected chi connectivity index (χ4v) is 1.98. The van der Waals surface area contributed by atoms with Crippen LogP contribution in [0, 0.1) is 0 Å². The molecule has 2 aromatic rings. The van der Waals surface area contributed by atoms with E-state index in [1.165, 1.54) is 5.39 Å². The maximum absolute atomic E-state index is 4.58. The maximum atomic E-state index is 4.58. The predicted octanol–water partition coefficient (Wildman–Crippen LogP) is 2.63. The number of nitrogens with one attached hydrogen (secondary N) is 3. The van der Waals surface area contributed by atoms with Gasteiger partial charge < -0.3 is 15.6 Å². The molecule has 2 rings (SSSR count). The summed E-state index contributed by atoms with van der Waals surface area (Å²) in [5.74, 6) is 0.858. The zero-order valence-electron chi connectivity index (χ0n) is 11.8. The van der Waals surface area contributed by atoms with Crippen LogP contribution in [0.5, 0.6) is 0 Å². The van der Waals surface area contributed by atoms with Crippen molar-refractivity contribution >= 4 is 16.9 Å². The van der Waals surface area contributed by atoms with Crippen LogP contribution in [0.25, 0.3) is 10.9 Å². The van der Waals surface area contributed by atoms with Crippen LogP contribution in [0.3, 0.4) is 0 Å². The van der Waals surface area contributed by atoms with Crippen molar-refractivity contribution in [3.63, 3.8) is 0 Å². The Morgan fingerprint density at radius 2 is 2.11 bits per heavy atom. The van der Waals surface area contributed by atoms with Crippen molar-refractivity contribution in [2.24, 2.45) is 4.99 Å². The average Bonchev–Trinajstić information content (AvgIpc) is 2.78. The van der Waals surface area contributed by atoms with Gasteiger partial charge in [-0.1, -0.05) is 18.2 Å². The van der Waals surface area contributed by atoms with Crippen LogP contribution in [0.2, 0.25) is 0 Å². The zero-order chi connectivity index (χ0) is 13.7. The Morgan fingerprint density at radius 1 is 1.32 bits per heavy atom. The van der Waals surface area contributed by atoms with Crippen LogP contribution in [-0.4, -0.2) is 23.5 Å². The van der Waals surface area contributed by atoms with E-state index in [-0.39, 0.29) is 0 Å². The molecule has 0 aliphatic heterocycles. The molecule has 3 N–H and O–H groups in total. The van der Waals surface area contributed by atoms with E-state index in [1.807, 2.05) is 12.1 Å². The Hall–Kier alpha value is -1.97. The third-order valence-electron chi connectivity index (χ3n) is 2.76. The van der Waals surface area contributed by atoms with Gasteiger partial charge >= 0.3 is 0 Å². The van der Waals surface area contributed by atoms with E-state index in [9.17, 15) is 0 Å². The number of hydrogen-bond donors (Lipinski definition) is 3. The van der Waals surface area contributed by atoms with Crippen molar-refractivity contribution in [3.05, 3.63) is 36.0 Å². The highest BCUT2D eigenvalue weighted by Gasteiger charge is 2.02. The van der Waals surface area contributed by atoms with Crippen LogP contribution >= 0.6 is 0 Å². The molecule has 0 saturated heterocycles. The number of para-hydroxylation sites is 1. The lowest BCUT2D eigenvalue weighted by atomic mass is 10.2. The lowest BCUT2D eigenvalue weighted by molar-refractivity contribution is 0.700. The molecule has 0 radical (unpaired) electrons. The highest BCUT2D eigenvalue weighted by Crippen LogP contribution is 2.14. The van der Waals surface area contributed by atoms with Gasteiger partial charge in [0.1, 0.15) is 0 Å². The summed E-state index contributed by atoms with van der Waals surface area (Å²) in [6, 6.07) is 10.8. The number of guanidine groups is 1. The maximum Gasteiger partial charge on any atom is 0.191 e. The minimum atomic E-state index is 0.375. The van der Waals surface area contributed by atoms with Gasteiger partial charge in [-0.25, -0.2) is 4.99 Å². The first-order valence-electron chi connectivity index (χ1n) is 6.80. The van der Waals surface area contributed by atoms with Gasteiger partial charge in [-0.3, -0.25) is 0 Å². The molecule has 1 heterocycles. The Morgan fingerprint density at radius 3 is 2.79 bits per heavy atom. The van der Waals surface area contributed by atoms with Crippen LogP contribution in [0.15, 0.2) is 35.3 Å². The zero-order valence-corrected chi connectivity index (χ0v) is 11.8. The second kappa shape index (κ2) is 6.27. The fraction of sp³-hybridized carbons (Fsp3) is 0.400. The SMILES string of the molecule is CCNC(=NCc1cc2ccccc2[nH]1)NC(C)C. The minimum absolute atomic E-state index is 0.375. The summed E-state index contributed by atoms with van der Waals surface area (Å²) in [5, 5.41) is 7.78. The highest BCUT2D eigenvalue weighted by molar-refractivity contribution is 5.81. The number of hydrogen-bond acceptors (Lipinski definition) is 1. The Kier molecular flexibility index (Phi) is 4.44. The number of fused-ring (bicyclic) bond motifs is 1. The smallest absolute Gasteiger partial charge is 0.191 e. The largest absolute Gasteiger partial charge is 0.357 e. The summed E-state index contributed by atoms with van der Waals surface area (Å²) < 4.78 is 0. The third-order valence-corrected chi connectivity index (χ3v) is 2.76. The van der Waals surface area contributed by atoms with Crippen molar-refractivity contribution in [2.45, 2.75) is 33.4 Å². The molecule has 0 unspecified atom stereocenters. The molecular formula is C15H22N4. The second-order valence-corrected chi connectivity index (χ2v) is 4.88. The minimum Gasteiger partial charge on any atom is -0.357 e. The molecule has 0 fully saturated rings. The molecule has 1 aromatic carbocycles. The number of aliphatic imine (C=N–C) groups is 1. The molecular weight excluding hydrogens is 236 g/mol. The van der Waals surface area contributed by atoms with Gasteiger partial charge in [-0.05, 0) is 38.3 Å². The lowest BCUT2D eigenvalue weighted by Crippen LogP contribution is -2.41. The number of H-pyrrole nitrogens is 1. The number of rotatable bonds is 4. The molecule has 1 aromatic heterocycles. The molecule has 0 bridgehead atoms. The van der Waals surface area contributed by atoms with Gasteiger partial charge in [-0.2, -0.15) is 0 Å². The van der Waals surface area contributed by atoms with Crippen molar-refractivity contribution in [1.82, 2.24) is 15.6 Å². The number of nitrogens with zero attached hydrogens (tertiary/aromatic N) is 1. The summed E-state index contributed by atoms with van der Waals surface area (Å²) in [7, 11) is 0. The molecule has 0 atom stereocenters. The van der Waals surface area contributed by atoms with Crippen LogP contribution in [-0.2, 0) is 6.54 Å². The van der Waals surface area contributed by atoms with E-state index in [2.05, 4.69) is 59.6 Å². The van der Waals surface area contributed by atoms with Gasteiger partial charge in [0, 0.05) is 23.8 Å². The van der Waals surface area contributed by atoms with Crippen molar-refractivity contribution in [3.8, 4) is 0 Å². The molecule has 0 spiro atoms. The van der Waals surface area contributed by atoms with Crippen molar-refractivity contribution in [1.29, 1.82) is 0 Å². The molecule has 0 saturated carbocycles. The topological polar surface area (TPSA) is 52.2 Å². The number of aromatic nitrogens is 1. The van der Waals surface area contributed by atoms with E-state index in [0.29, 0.717) is 12.6 Å².